The zero-order valence-corrected chi connectivity index (χ0v) is 12.1. The highest BCUT2D eigenvalue weighted by molar-refractivity contribution is 5.67. The normalized spacial score (nSPS) is 12.9. The topological polar surface area (TPSA) is 35.5 Å². The molecule has 0 aliphatic heterocycles. The zero-order chi connectivity index (χ0) is 14.3. The van der Waals surface area contributed by atoms with Crippen molar-refractivity contribution in [3.8, 4) is 5.75 Å². The fraction of sp³-hybridized carbons (Fsp3) is 0.438. The van der Waals surface area contributed by atoms with Gasteiger partial charge in [-0.1, -0.05) is 25.1 Å². The first kappa shape index (κ1) is 15.3. The minimum atomic E-state index is -0.224. The summed E-state index contributed by atoms with van der Waals surface area (Å²) in [6.45, 7) is 6.00. The number of allylic oxidation sites excluding steroid dienone is 2. The number of hydrogen-bond donors (Lipinski definition) is 0. The standard InChI is InChI=1S/C16H22O3/c1-5-14(10-12(2)11-19-13(3)17)15-6-8-16(18-4)9-7-15/h5-9,12H,10-11H2,1-4H3. The first-order chi connectivity index (χ1) is 9.06. The van der Waals surface area contributed by atoms with E-state index in [1.165, 1.54) is 18.1 Å². The Labute approximate surface area is 115 Å². The van der Waals surface area contributed by atoms with Crippen molar-refractivity contribution in [1.82, 2.24) is 0 Å². The van der Waals surface area contributed by atoms with Crippen LogP contribution in [0.3, 0.4) is 0 Å². The lowest BCUT2D eigenvalue weighted by atomic mass is 9.95. The van der Waals surface area contributed by atoms with Gasteiger partial charge in [0.05, 0.1) is 13.7 Å². The first-order valence-electron chi connectivity index (χ1n) is 6.49. The second-order valence-electron chi connectivity index (χ2n) is 4.65. The van der Waals surface area contributed by atoms with E-state index in [0.29, 0.717) is 12.5 Å². The molecular weight excluding hydrogens is 240 g/mol. The summed E-state index contributed by atoms with van der Waals surface area (Å²) in [5, 5.41) is 0. The van der Waals surface area contributed by atoms with Gasteiger partial charge >= 0.3 is 5.97 Å². The average molecular weight is 262 g/mol. The third kappa shape index (κ3) is 5.16. The Morgan fingerprint density at radius 1 is 1.32 bits per heavy atom. The van der Waals surface area contributed by atoms with Crippen LogP contribution in [-0.2, 0) is 9.53 Å². The lowest BCUT2D eigenvalue weighted by Gasteiger charge is -2.14. The molecule has 3 heteroatoms. The van der Waals surface area contributed by atoms with Crippen molar-refractivity contribution in [3.05, 3.63) is 35.9 Å². The highest BCUT2D eigenvalue weighted by Gasteiger charge is 2.09. The second kappa shape index (κ2) is 7.62. The van der Waals surface area contributed by atoms with E-state index in [-0.39, 0.29) is 5.97 Å². The molecule has 104 valence electrons. The summed E-state index contributed by atoms with van der Waals surface area (Å²) in [7, 11) is 1.66. The molecule has 1 unspecified atom stereocenters. The average Bonchev–Trinajstić information content (AvgIpc) is 2.42. The summed E-state index contributed by atoms with van der Waals surface area (Å²) in [6, 6.07) is 8.00. The van der Waals surface area contributed by atoms with Gasteiger partial charge in [-0.05, 0) is 42.5 Å². The van der Waals surface area contributed by atoms with Gasteiger partial charge in [0.2, 0.25) is 0 Å². The number of benzene rings is 1. The summed E-state index contributed by atoms with van der Waals surface area (Å²) in [5.41, 5.74) is 2.43. The van der Waals surface area contributed by atoms with Gasteiger partial charge in [-0.3, -0.25) is 4.79 Å². The highest BCUT2D eigenvalue weighted by Crippen LogP contribution is 2.24. The third-order valence-corrected chi connectivity index (χ3v) is 2.95. The predicted molar refractivity (Wildman–Crippen MR) is 77.1 cm³/mol. The number of esters is 1. The molecule has 1 aromatic rings. The molecule has 0 N–H and O–H groups in total. The van der Waals surface area contributed by atoms with Crippen LogP contribution in [0.1, 0.15) is 32.8 Å². The monoisotopic (exact) mass is 262 g/mol. The van der Waals surface area contributed by atoms with E-state index < -0.39 is 0 Å². The number of carbonyl (C=O) groups excluding carboxylic acids is 1. The molecule has 0 saturated heterocycles. The summed E-state index contributed by atoms with van der Waals surface area (Å²) >= 11 is 0. The molecule has 0 amide bonds. The summed E-state index contributed by atoms with van der Waals surface area (Å²) in [6.07, 6.45) is 2.99. The maximum atomic E-state index is 10.8. The molecule has 0 saturated carbocycles. The van der Waals surface area contributed by atoms with Crippen LogP contribution in [-0.4, -0.2) is 19.7 Å². The van der Waals surface area contributed by atoms with E-state index >= 15 is 0 Å². The first-order valence-corrected chi connectivity index (χ1v) is 6.49. The van der Waals surface area contributed by atoms with Gasteiger partial charge in [0.1, 0.15) is 5.75 Å². The number of hydrogen-bond acceptors (Lipinski definition) is 3. The van der Waals surface area contributed by atoms with Crippen LogP contribution in [0.4, 0.5) is 0 Å². The summed E-state index contributed by atoms with van der Waals surface area (Å²) in [4.78, 5) is 10.8. The van der Waals surface area contributed by atoms with Gasteiger partial charge < -0.3 is 9.47 Å². The number of methoxy groups -OCH3 is 1. The molecule has 1 rings (SSSR count). The number of rotatable bonds is 6. The van der Waals surface area contributed by atoms with Crippen LogP contribution < -0.4 is 4.74 Å². The van der Waals surface area contributed by atoms with Crippen molar-refractivity contribution in [2.24, 2.45) is 5.92 Å². The summed E-state index contributed by atoms with van der Waals surface area (Å²) < 4.78 is 10.2. The van der Waals surface area contributed by atoms with Crippen molar-refractivity contribution in [2.75, 3.05) is 13.7 Å². The molecule has 0 aliphatic carbocycles. The molecule has 1 aromatic carbocycles. The van der Waals surface area contributed by atoms with Gasteiger partial charge in [0.25, 0.3) is 0 Å². The Bertz CT molecular complexity index is 432. The smallest absolute Gasteiger partial charge is 0.302 e. The lowest BCUT2D eigenvalue weighted by molar-refractivity contribution is -0.142. The molecule has 0 heterocycles. The van der Waals surface area contributed by atoms with Crippen LogP contribution in [0.5, 0.6) is 5.75 Å². The van der Waals surface area contributed by atoms with Crippen LogP contribution in [0.2, 0.25) is 0 Å². The molecule has 3 nitrogen and oxygen atoms in total. The molecule has 19 heavy (non-hydrogen) atoms. The van der Waals surface area contributed by atoms with E-state index in [1.54, 1.807) is 7.11 Å². The van der Waals surface area contributed by atoms with E-state index in [1.807, 2.05) is 31.2 Å². The molecule has 0 aromatic heterocycles. The van der Waals surface area contributed by atoms with Crippen LogP contribution >= 0.6 is 0 Å². The van der Waals surface area contributed by atoms with Gasteiger partial charge in [0, 0.05) is 6.92 Å². The molecule has 0 fully saturated rings. The van der Waals surface area contributed by atoms with E-state index in [9.17, 15) is 4.79 Å². The Balaban J connectivity index is 2.64. The fourth-order valence-corrected chi connectivity index (χ4v) is 1.90. The SMILES string of the molecule is CC=C(CC(C)COC(C)=O)c1ccc(OC)cc1. The van der Waals surface area contributed by atoms with Crippen molar-refractivity contribution in [2.45, 2.75) is 27.2 Å². The molecule has 0 radical (unpaired) electrons. The Hall–Kier alpha value is -1.77. The predicted octanol–water partition coefficient (Wildman–Crippen LogP) is 3.69. The van der Waals surface area contributed by atoms with Gasteiger partial charge in [-0.15, -0.1) is 0 Å². The van der Waals surface area contributed by atoms with Crippen molar-refractivity contribution in [1.29, 1.82) is 0 Å². The third-order valence-electron chi connectivity index (χ3n) is 2.95. The van der Waals surface area contributed by atoms with Crippen LogP contribution in [0, 0.1) is 5.92 Å². The maximum Gasteiger partial charge on any atom is 0.302 e. The summed E-state index contributed by atoms with van der Waals surface area (Å²) in [5.74, 6) is 0.933. The Morgan fingerprint density at radius 3 is 2.42 bits per heavy atom. The van der Waals surface area contributed by atoms with Crippen LogP contribution in [0.15, 0.2) is 30.3 Å². The Kier molecular flexibility index (Phi) is 6.13. The second-order valence-corrected chi connectivity index (χ2v) is 4.65. The highest BCUT2D eigenvalue weighted by atomic mass is 16.5. The lowest BCUT2D eigenvalue weighted by Crippen LogP contribution is -2.09. The minimum Gasteiger partial charge on any atom is -0.497 e. The van der Waals surface area contributed by atoms with E-state index in [4.69, 9.17) is 9.47 Å². The van der Waals surface area contributed by atoms with Crippen LogP contribution in [0.25, 0.3) is 5.57 Å². The van der Waals surface area contributed by atoms with Gasteiger partial charge in [0.15, 0.2) is 0 Å². The van der Waals surface area contributed by atoms with E-state index in [0.717, 1.165) is 12.2 Å². The van der Waals surface area contributed by atoms with Crippen molar-refractivity contribution in [3.63, 3.8) is 0 Å². The molecule has 0 aliphatic rings. The molecular formula is C16H22O3. The largest absolute Gasteiger partial charge is 0.497 e. The molecule has 0 spiro atoms. The minimum absolute atomic E-state index is 0.224. The quantitative estimate of drug-likeness (QED) is 0.733. The fourth-order valence-electron chi connectivity index (χ4n) is 1.90. The Morgan fingerprint density at radius 2 is 1.95 bits per heavy atom. The number of ether oxygens (including phenoxy) is 2. The van der Waals surface area contributed by atoms with Gasteiger partial charge in [-0.2, -0.15) is 0 Å². The van der Waals surface area contributed by atoms with Crippen molar-refractivity contribution < 1.29 is 14.3 Å². The van der Waals surface area contributed by atoms with Crippen molar-refractivity contribution >= 4 is 11.5 Å². The molecule has 1 atom stereocenters. The van der Waals surface area contributed by atoms with Gasteiger partial charge in [-0.25, -0.2) is 0 Å². The zero-order valence-electron chi connectivity index (χ0n) is 12.1. The maximum absolute atomic E-state index is 10.8. The molecule has 0 bridgehead atoms. The van der Waals surface area contributed by atoms with E-state index in [2.05, 4.69) is 13.0 Å². The number of carbonyl (C=O) groups is 1.